The second kappa shape index (κ2) is 8.34. The van der Waals surface area contributed by atoms with Crippen molar-refractivity contribution in [2.75, 3.05) is 13.1 Å². The first-order valence-electron chi connectivity index (χ1n) is 9.38. The number of aromatic nitrogens is 2. The van der Waals surface area contributed by atoms with E-state index < -0.39 is 5.97 Å². The molecule has 30 heavy (non-hydrogen) atoms. The molecule has 0 bridgehead atoms. The van der Waals surface area contributed by atoms with E-state index in [0.717, 1.165) is 11.3 Å². The maximum Gasteiger partial charge on any atom is 0.306 e. The molecule has 9 heteroatoms. The van der Waals surface area contributed by atoms with Crippen molar-refractivity contribution in [2.24, 2.45) is 11.7 Å². The van der Waals surface area contributed by atoms with Crippen molar-refractivity contribution in [2.45, 2.75) is 12.8 Å². The quantitative estimate of drug-likeness (QED) is 0.438. The Morgan fingerprint density at radius 1 is 1.10 bits per heavy atom. The van der Waals surface area contributed by atoms with Crippen LogP contribution in [0.3, 0.4) is 0 Å². The Labute approximate surface area is 172 Å². The number of hydrogen-bond donors (Lipinski definition) is 3. The highest BCUT2D eigenvalue weighted by molar-refractivity contribution is 5.96. The number of imidazole rings is 1. The lowest BCUT2D eigenvalue weighted by molar-refractivity contribution is -0.143. The van der Waals surface area contributed by atoms with Gasteiger partial charge in [0.25, 0.3) is 5.91 Å². The molecule has 4 rings (SSSR count). The summed E-state index contributed by atoms with van der Waals surface area (Å²) in [5, 5.41) is 16.6. The van der Waals surface area contributed by atoms with Crippen LogP contribution in [0.25, 0.3) is 16.9 Å². The number of nitrogens with zero attached hydrogens (tertiary/aromatic N) is 3. The number of rotatable bonds is 4. The molecule has 0 atom stereocenters. The highest BCUT2D eigenvalue weighted by Crippen LogP contribution is 2.22. The van der Waals surface area contributed by atoms with Gasteiger partial charge in [-0.1, -0.05) is 24.3 Å². The summed E-state index contributed by atoms with van der Waals surface area (Å²) in [6, 6.07) is 10.8. The van der Waals surface area contributed by atoms with Gasteiger partial charge in [-0.25, -0.2) is 4.98 Å². The lowest BCUT2D eigenvalue weighted by atomic mass is 9.97. The van der Waals surface area contributed by atoms with Gasteiger partial charge in [0.05, 0.1) is 11.6 Å². The fraction of sp³-hybridized carbons (Fsp3) is 0.238. The first-order chi connectivity index (χ1) is 13.9. The van der Waals surface area contributed by atoms with Gasteiger partial charge >= 0.3 is 5.97 Å². The monoisotopic (exact) mass is 409 g/mol. The smallest absolute Gasteiger partial charge is 0.306 e. The summed E-state index contributed by atoms with van der Waals surface area (Å²) in [6.45, 7) is 0.895. The van der Waals surface area contributed by atoms with Gasteiger partial charge in [0.2, 0.25) is 0 Å². The highest BCUT2D eigenvalue weighted by Gasteiger charge is 2.27. The fourth-order valence-electron chi connectivity index (χ4n) is 3.59. The average Bonchev–Trinajstić information content (AvgIpc) is 3.16. The van der Waals surface area contributed by atoms with Crippen LogP contribution >= 0.6 is 0 Å². The van der Waals surface area contributed by atoms with E-state index in [9.17, 15) is 9.59 Å². The standard InChI is InChI=1S/C21H21N5O3.H2O/c22-19(23)14-3-1-13(2-4-14)17-12-26-10-7-16(11-18(26)24-17)20(27)25-8-5-15(6-9-25)21(28)29;/h1-4,7,10-12,15H,5-6,8-9H2,(H3,22,23)(H,28,29);1H2. The summed E-state index contributed by atoms with van der Waals surface area (Å²) in [6.07, 6.45) is 4.64. The molecule has 1 saturated heterocycles. The van der Waals surface area contributed by atoms with Gasteiger partial charge in [-0.05, 0) is 25.0 Å². The third-order valence-corrected chi connectivity index (χ3v) is 5.33. The predicted molar refractivity (Wildman–Crippen MR) is 112 cm³/mol. The third kappa shape index (κ3) is 4.01. The molecule has 1 aromatic carbocycles. The number of nitrogens with one attached hydrogen (secondary N) is 1. The molecule has 0 spiro atoms. The summed E-state index contributed by atoms with van der Waals surface area (Å²) >= 11 is 0. The van der Waals surface area contributed by atoms with E-state index in [-0.39, 0.29) is 23.1 Å². The molecule has 0 radical (unpaired) electrons. The zero-order valence-electron chi connectivity index (χ0n) is 16.2. The SMILES string of the molecule is N=C(N)c1ccc(-c2cn3ccc(C(=O)N4CCC(C(=O)O)CC4)cc3n2)cc1.O. The summed E-state index contributed by atoms with van der Waals surface area (Å²) < 4.78 is 1.85. The zero-order valence-corrected chi connectivity index (χ0v) is 16.2. The van der Waals surface area contributed by atoms with E-state index in [4.69, 9.17) is 16.2 Å². The van der Waals surface area contributed by atoms with Crippen LogP contribution in [0, 0.1) is 11.3 Å². The summed E-state index contributed by atoms with van der Waals surface area (Å²) in [4.78, 5) is 30.2. The number of nitrogens with two attached hydrogens (primary N) is 1. The molecule has 3 heterocycles. The highest BCUT2D eigenvalue weighted by atomic mass is 16.4. The number of benzene rings is 1. The molecule has 0 aliphatic carbocycles. The second-order valence-corrected chi connectivity index (χ2v) is 7.20. The number of hydrogen-bond acceptors (Lipinski definition) is 4. The van der Waals surface area contributed by atoms with Crippen molar-refractivity contribution >= 4 is 23.4 Å². The Balaban J connectivity index is 0.00000256. The normalized spacial score (nSPS) is 14.3. The van der Waals surface area contributed by atoms with Crippen molar-refractivity contribution in [3.63, 3.8) is 0 Å². The van der Waals surface area contributed by atoms with Crippen molar-refractivity contribution in [1.82, 2.24) is 14.3 Å². The molecule has 156 valence electrons. The summed E-state index contributed by atoms with van der Waals surface area (Å²) in [5.41, 5.74) is 8.98. The van der Waals surface area contributed by atoms with Crippen molar-refractivity contribution < 1.29 is 20.2 Å². The number of likely N-dealkylation sites (tertiary alicyclic amines) is 1. The topological polar surface area (TPSA) is 156 Å². The molecule has 2 aromatic heterocycles. The third-order valence-electron chi connectivity index (χ3n) is 5.33. The maximum absolute atomic E-state index is 12.8. The van der Waals surface area contributed by atoms with Crippen LogP contribution in [-0.4, -0.2) is 55.7 Å². The van der Waals surface area contributed by atoms with E-state index in [1.807, 2.05) is 22.7 Å². The van der Waals surface area contributed by atoms with E-state index in [2.05, 4.69) is 4.98 Å². The number of pyridine rings is 1. The Bertz CT molecular complexity index is 1100. The molecule has 0 unspecified atom stereocenters. The van der Waals surface area contributed by atoms with Gasteiger partial charge in [0.15, 0.2) is 0 Å². The number of amidine groups is 1. The Morgan fingerprint density at radius 3 is 2.37 bits per heavy atom. The number of carboxylic acid groups (broad SMARTS) is 1. The van der Waals surface area contributed by atoms with Crippen LogP contribution in [-0.2, 0) is 4.79 Å². The molecular formula is C21H23N5O4. The van der Waals surface area contributed by atoms with Crippen molar-refractivity contribution in [3.05, 3.63) is 59.9 Å². The Kier molecular flexibility index (Phi) is 5.84. The molecule has 1 amide bonds. The van der Waals surface area contributed by atoms with Gasteiger partial charge in [-0.2, -0.15) is 0 Å². The Hall–Kier alpha value is -3.72. The lowest BCUT2D eigenvalue weighted by Crippen LogP contribution is -2.40. The molecule has 9 nitrogen and oxygen atoms in total. The molecule has 1 fully saturated rings. The van der Waals surface area contributed by atoms with Crippen molar-refractivity contribution in [3.8, 4) is 11.3 Å². The first-order valence-corrected chi connectivity index (χ1v) is 9.38. The molecular weight excluding hydrogens is 386 g/mol. The second-order valence-electron chi connectivity index (χ2n) is 7.20. The zero-order chi connectivity index (χ0) is 20.5. The number of piperidine rings is 1. The van der Waals surface area contributed by atoms with Gasteiger partial charge in [0.1, 0.15) is 11.5 Å². The number of carbonyl (C=O) groups is 2. The number of nitrogen functional groups attached to an aromatic ring is 1. The van der Waals surface area contributed by atoms with Crippen LogP contribution in [0.5, 0.6) is 0 Å². The number of carbonyl (C=O) groups excluding carboxylic acids is 1. The van der Waals surface area contributed by atoms with Crippen LogP contribution in [0.15, 0.2) is 48.8 Å². The van der Waals surface area contributed by atoms with Gasteiger partial charge in [-0.3, -0.25) is 15.0 Å². The predicted octanol–water partition coefficient (Wildman–Crippen LogP) is 1.40. The number of amides is 1. The largest absolute Gasteiger partial charge is 0.481 e. The van der Waals surface area contributed by atoms with Crippen LogP contribution in [0.4, 0.5) is 0 Å². The summed E-state index contributed by atoms with van der Waals surface area (Å²) in [5.74, 6) is -1.25. The average molecular weight is 409 g/mol. The number of aliphatic carboxylic acids is 1. The van der Waals surface area contributed by atoms with Crippen LogP contribution in [0.1, 0.15) is 28.8 Å². The van der Waals surface area contributed by atoms with E-state index >= 15 is 0 Å². The number of fused-ring (bicyclic) bond motifs is 1. The van der Waals surface area contributed by atoms with E-state index in [0.29, 0.717) is 42.7 Å². The first kappa shape index (κ1) is 21.0. The lowest BCUT2D eigenvalue weighted by Gasteiger charge is -2.30. The minimum atomic E-state index is -0.792. The van der Waals surface area contributed by atoms with Crippen molar-refractivity contribution in [1.29, 1.82) is 5.41 Å². The molecule has 0 saturated carbocycles. The number of carboxylic acids is 1. The fourth-order valence-corrected chi connectivity index (χ4v) is 3.59. The van der Waals surface area contributed by atoms with Gasteiger partial charge in [-0.15, -0.1) is 0 Å². The summed E-state index contributed by atoms with van der Waals surface area (Å²) in [7, 11) is 0. The molecule has 6 N–H and O–H groups in total. The Morgan fingerprint density at radius 2 is 1.77 bits per heavy atom. The van der Waals surface area contributed by atoms with Crippen LogP contribution in [0.2, 0.25) is 0 Å². The molecule has 3 aromatic rings. The van der Waals surface area contributed by atoms with E-state index in [1.54, 1.807) is 35.4 Å². The molecule has 1 aliphatic rings. The van der Waals surface area contributed by atoms with E-state index in [1.165, 1.54) is 0 Å². The van der Waals surface area contributed by atoms with Gasteiger partial charge in [0, 0.05) is 42.2 Å². The minimum Gasteiger partial charge on any atom is -0.481 e. The van der Waals surface area contributed by atoms with Gasteiger partial charge < -0.3 is 25.6 Å². The maximum atomic E-state index is 12.8. The van der Waals surface area contributed by atoms with Crippen LogP contribution < -0.4 is 5.73 Å². The molecule has 1 aliphatic heterocycles. The minimum absolute atomic E-state index is 0.